The molecular weight excluding hydrogens is 403 g/mol. The summed E-state index contributed by atoms with van der Waals surface area (Å²) in [4.78, 5) is -0.527. The van der Waals surface area contributed by atoms with E-state index in [0.29, 0.717) is 18.9 Å². The molecule has 1 aromatic carbocycles. The molecule has 11 heteroatoms. The number of halogens is 4. The van der Waals surface area contributed by atoms with Gasteiger partial charge in [-0.1, -0.05) is 11.6 Å². The summed E-state index contributed by atoms with van der Waals surface area (Å²) in [5.41, 5.74) is -1.23. The highest BCUT2D eigenvalue weighted by molar-refractivity contribution is 7.92. The molecule has 2 fully saturated rings. The largest absolute Gasteiger partial charge is 0.417 e. The lowest BCUT2D eigenvalue weighted by molar-refractivity contribution is -0.137. The van der Waals surface area contributed by atoms with Gasteiger partial charge in [0.1, 0.15) is 0 Å². The normalized spacial score (nSPS) is 24.0. The molecule has 1 atom stereocenters. The first-order valence-electron chi connectivity index (χ1n) is 7.52. The Labute approximate surface area is 148 Å². The maximum absolute atomic E-state index is 13.0. The van der Waals surface area contributed by atoms with Crippen molar-refractivity contribution in [3.8, 4) is 0 Å². The molecule has 1 aliphatic carbocycles. The lowest BCUT2D eigenvalue weighted by Gasteiger charge is -2.27. The van der Waals surface area contributed by atoms with Gasteiger partial charge in [-0.2, -0.15) is 17.5 Å². The van der Waals surface area contributed by atoms with Gasteiger partial charge in [-0.05, 0) is 37.5 Å². The first kappa shape index (κ1) is 18.9. The fourth-order valence-electron chi connectivity index (χ4n) is 3.00. The van der Waals surface area contributed by atoms with Gasteiger partial charge in [0.05, 0.1) is 27.0 Å². The minimum Gasteiger partial charge on any atom is -0.229 e. The molecule has 0 amide bonds. The summed E-state index contributed by atoms with van der Waals surface area (Å²) in [5, 5.41) is -0.590. The quantitative estimate of drug-likeness (QED) is 0.755. The molecule has 1 aromatic rings. The molecular formula is C14H15ClF3NO4S2. The molecule has 5 nitrogen and oxygen atoms in total. The van der Waals surface area contributed by atoms with Crippen LogP contribution in [0.25, 0.3) is 0 Å². The van der Waals surface area contributed by atoms with Gasteiger partial charge in [-0.15, -0.1) is 0 Å². The van der Waals surface area contributed by atoms with Crippen LogP contribution in [0.4, 0.5) is 13.2 Å². The molecule has 25 heavy (non-hydrogen) atoms. The second-order valence-electron chi connectivity index (χ2n) is 6.26. The fraction of sp³-hybridized carbons (Fsp3) is 0.571. The zero-order valence-corrected chi connectivity index (χ0v) is 15.2. The average molecular weight is 418 g/mol. The zero-order chi connectivity index (χ0) is 18.6. The van der Waals surface area contributed by atoms with Crippen LogP contribution in [-0.2, 0) is 26.0 Å². The van der Waals surface area contributed by atoms with Gasteiger partial charge in [0, 0.05) is 12.1 Å². The van der Waals surface area contributed by atoms with E-state index in [1.807, 2.05) is 0 Å². The smallest absolute Gasteiger partial charge is 0.229 e. The van der Waals surface area contributed by atoms with Gasteiger partial charge < -0.3 is 0 Å². The highest BCUT2D eigenvalue weighted by Crippen LogP contribution is 2.40. The summed E-state index contributed by atoms with van der Waals surface area (Å²) >= 11 is 5.54. The Bertz CT molecular complexity index is 895. The number of sulfonamides is 1. The average Bonchev–Trinajstić information content (AvgIpc) is 3.21. The van der Waals surface area contributed by atoms with Crippen molar-refractivity contribution in [3.63, 3.8) is 0 Å². The van der Waals surface area contributed by atoms with Gasteiger partial charge in [0.15, 0.2) is 9.84 Å². The van der Waals surface area contributed by atoms with Gasteiger partial charge in [-0.3, -0.25) is 0 Å². The van der Waals surface area contributed by atoms with Crippen LogP contribution < -0.4 is 0 Å². The number of benzene rings is 1. The van der Waals surface area contributed by atoms with E-state index in [0.717, 1.165) is 16.4 Å². The van der Waals surface area contributed by atoms with E-state index in [1.165, 1.54) is 0 Å². The van der Waals surface area contributed by atoms with Gasteiger partial charge in [0.25, 0.3) is 0 Å². The highest BCUT2D eigenvalue weighted by Gasteiger charge is 2.46. The molecule has 1 aliphatic heterocycles. The molecule has 1 heterocycles. The van der Waals surface area contributed by atoms with Crippen molar-refractivity contribution in [2.45, 2.75) is 42.4 Å². The van der Waals surface area contributed by atoms with Gasteiger partial charge in [-0.25, -0.2) is 16.8 Å². The van der Waals surface area contributed by atoms with Crippen LogP contribution in [0.15, 0.2) is 23.1 Å². The Morgan fingerprint density at radius 3 is 2.24 bits per heavy atom. The molecule has 3 rings (SSSR count). The van der Waals surface area contributed by atoms with Crippen molar-refractivity contribution < 1.29 is 30.0 Å². The second-order valence-corrected chi connectivity index (χ2v) is 10.7. The predicted octanol–water partition coefficient (Wildman–Crippen LogP) is 2.70. The first-order chi connectivity index (χ1) is 11.4. The van der Waals surface area contributed by atoms with Crippen LogP contribution in [0.1, 0.15) is 24.8 Å². The minimum absolute atomic E-state index is 0.120. The van der Waals surface area contributed by atoms with E-state index in [9.17, 15) is 30.0 Å². The Morgan fingerprint density at radius 1 is 1.12 bits per heavy atom. The summed E-state index contributed by atoms with van der Waals surface area (Å²) in [5.74, 6) is -0.423. The van der Waals surface area contributed by atoms with Crippen molar-refractivity contribution in [2.24, 2.45) is 0 Å². The topological polar surface area (TPSA) is 71.5 Å². The molecule has 0 bridgehead atoms. The van der Waals surface area contributed by atoms with Crippen LogP contribution in [0.3, 0.4) is 0 Å². The molecule has 1 saturated heterocycles. The lowest BCUT2D eigenvalue weighted by Crippen LogP contribution is -2.42. The SMILES string of the molecule is O=S1(=O)CCC(N(C2CC2)S(=O)(=O)c2ccc(Cl)c(C(F)(F)F)c2)C1. The number of nitrogens with zero attached hydrogens (tertiary/aromatic N) is 1. The summed E-state index contributed by atoms with van der Waals surface area (Å²) in [7, 11) is -7.59. The molecule has 0 aromatic heterocycles. The Balaban J connectivity index is 2.02. The molecule has 1 unspecified atom stereocenters. The Morgan fingerprint density at radius 2 is 1.76 bits per heavy atom. The third-order valence-corrected chi connectivity index (χ3v) is 8.37. The van der Waals surface area contributed by atoms with Crippen molar-refractivity contribution in [3.05, 3.63) is 28.8 Å². The maximum atomic E-state index is 13.0. The van der Waals surface area contributed by atoms with Crippen molar-refractivity contribution >= 4 is 31.5 Å². The lowest BCUT2D eigenvalue weighted by atomic mass is 10.2. The number of rotatable bonds is 4. The number of hydrogen-bond acceptors (Lipinski definition) is 4. The van der Waals surface area contributed by atoms with E-state index in [4.69, 9.17) is 11.6 Å². The number of hydrogen-bond donors (Lipinski definition) is 0. The molecule has 2 aliphatic rings. The van der Waals surface area contributed by atoms with Crippen molar-refractivity contribution in [2.75, 3.05) is 11.5 Å². The number of alkyl halides is 3. The van der Waals surface area contributed by atoms with Crippen LogP contribution in [0.2, 0.25) is 5.02 Å². The highest BCUT2D eigenvalue weighted by atomic mass is 35.5. The summed E-state index contributed by atoms with van der Waals surface area (Å²) in [6, 6.07) is 1.32. The first-order valence-corrected chi connectivity index (χ1v) is 11.2. The maximum Gasteiger partial charge on any atom is 0.417 e. The van der Waals surface area contributed by atoms with Crippen LogP contribution in [0, 0.1) is 0 Å². The number of sulfone groups is 1. The van der Waals surface area contributed by atoms with E-state index in [2.05, 4.69) is 0 Å². The molecule has 0 radical (unpaired) electrons. The molecule has 0 spiro atoms. The zero-order valence-electron chi connectivity index (χ0n) is 12.8. The molecule has 1 saturated carbocycles. The second kappa shape index (κ2) is 6.11. The van der Waals surface area contributed by atoms with Crippen molar-refractivity contribution in [1.82, 2.24) is 4.31 Å². The predicted molar refractivity (Wildman–Crippen MR) is 85.6 cm³/mol. The monoisotopic (exact) mass is 417 g/mol. The standard InChI is InChI=1S/C14H15ClF3NO4S2/c15-13-4-3-11(7-12(13)14(16,17)18)25(22,23)19(9-1-2-9)10-5-6-24(20,21)8-10/h3-4,7,9-10H,1-2,5-6,8H2. The van der Waals surface area contributed by atoms with E-state index < -0.39 is 47.6 Å². The third-order valence-electron chi connectivity index (χ3n) is 4.29. The van der Waals surface area contributed by atoms with E-state index >= 15 is 0 Å². The van der Waals surface area contributed by atoms with Gasteiger partial charge >= 0.3 is 6.18 Å². The van der Waals surface area contributed by atoms with Crippen LogP contribution in [-0.4, -0.2) is 44.7 Å². The third kappa shape index (κ3) is 3.81. The van der Waals surface area contributed by atoms with E-state index in [1.54, 1.807) is 0 Å². The van der Waals surface area contributed by atoms with E-state index in [-0.39, 0.29) is 24.0 Å². The Kier molecular flexibility index (Phi) is 4.62. The molecule has 140 valence electrons. The Hall–Kier alpha value is -0.840. The summed E-state index contributed by atoms with van der Waals surface area (Å²) in [6.45, 7) is 0. The summed E-state index contributed by atoms with van der Waals surface area (Å²) in [6.07, 6.45) is -3.51. The van der Waals surface area contributed by atoms with Crippen LogP contribution in [0.5, 0.6) is 0 Å². The fourth-order valence-corrected chi connectivity index (χ4v) is 6.96. The minimum atomic E-state index is -4.79. The van der Waals surface area contributed by atoms with Gasteiger partial charge in [0.2, 0.25) is 10.0 Å². The summed E-state index contributed by atoms with van der Waals surface area (Å²) < 4.78 is 89.4. The van der Waals surface area contributed by atoms with Crippen molar-refractivity contribution in [1.29, 1.82) is 0 Å². The van der Waals surface area contributed by atoms with Crippen LogP contribution >= 0.6 is 11.6 Å². The molecule has 0 N–H and O–H groups in total.